The first-order valence-electron chi connectivity index (χ1n) is 10.6. The topological polar surface area (TPSA) is 88.1 Å². The van der Waals surface area contributed by atoms with E-state index in [1.54, 1.807) is 17.0 Å². The van der Waals surface area contributed by atoms with Gasteiger partial charge in [-0.2, -0.15) is 0 Å². The fourth-order valence-electron chi connectivity index (χ4n) is 3.89. The van der Waals surface area contributed by atoms with Crippen molar-refractivity contribution in [1.29, 1.82) is 0 Å². The molecule has 0 aliphatic carbocycles. The van der Waals surface area contributed by atoms with E-state index in [9.17, 15) is 14.7 Å². The lowest BCUT2D eigenvalue weighted by atomic mass is 9.74. The van der Waals surface area contributed by atoms with Crippen molar-refractivity contribution in [2.75, 3.05) is 33.4 Å². The monoisotopic (exact) mass is 440 g/mol. The fourth-order valence-corrected chi connectivity index (χ4v) is 4.08. The number of carbonyl (C=O) groups is 2. The first kappa shape index (κ1) is 24.3. The zero-order chi connectivity index (χ0) is 22.0. The Morgan fingerprint density at radius 2 is 2.17 bits per heavy atom. The van der Waals surface area contributed by atoms with Crippen molar-refractivity contribution in [3.05, 3.63) is 34.9 Å². The molecule has 0 bridgehead atoms. The molecule has 1 saturated heterocycles. The Balaban J connectivity index is 2.12. The number of piperidine rings is 1. The van der Waals surface area contributed by atoms with E-state index in [1.807, 2.05) is 19.1 Å². The van der Waals surface area contributed by atoms with Crippen molar-refractivity contribution in [3.63, 3.8) is 0 Å². The minimum atomic E-state index is -1.18. The number of likely N-dealkylation sites (tertiary alicyclic amines) is 1. The lowest BCUT2D eigenvalue weighted by Gasteiger charge is -2.42. The van der Waals surface area contributed by atoms with E-state index in [2.05, 4.69) is 10.1 Å². The number of hydrogen-bond donors (Lipinski definition) is 2. The van der Waals surface area contributed by atoms with Crippen LogP contribution in [0.5, 0.6) is 0 Å². The molecule has 8 heteroatoms. The van der Waals surface area contributed by atoms with Crippen LogP contribution >= 0.6 is 11.6 Å². The van der Waals surface area contributed by atoms with Crippen LogP contribution < -0.4 is 5.32 Å². The van der Waals surface area contributed by atoms with E-state index in [0.29, 0.717) is 44.1 Å². The van der Waals surface area contributed by atoms with Gasteiger partial charge >= 0.3 is 12.2 Å². The summed E-state index contributed by atoms with van der Waals surface area (Å²) in [6.07, 6.45) is 3.51. The quantitative estimate of drug-likeness (QED) is 0.558. The van der Waals surface area contributed by atoms with E-state index in [4.69, 9.17) is 16.3 Å². The largest absolute Gasteiger partial charge is 0.453 e. The molecule has 2 amide bonds. The van der Waals surface area contributed by atoms with E-state index in [-0.39, 0.29) is 12.0 Å². The van der Waals surface area contributed by atoms with Crippen LogP contribution in [0.25, 0.3) is 0 Å². The Hall–Kier alpha value is -1.99. The van der Waals surface area contributed by atoms with Gasteiger partial charge in [0, 0.05) is 30.6 Å². The maximum atomic E-state index is 12.4. The smallest absolute Gasteiger partial charge is 0.409 e. The highest BCUT2D eigenvalue weighted by molar-refractivity contribution is 6.30. The van der Waals surface area contributed by atoms with Gasteiger partial charge in [0.15, 0.2) is 0 Å². The van der Waals surface area contributed by atoms with Gasteiger partial charge in [-0.3, -0.25) is 0 Å². The molecule has 30 heavy (non-hydrogen) atoms. The summed E-state index contributed by atoms with van der Waals surface area (Å²) >= 11 is 6.19. The van der Waals surface area contributed by atoms with Crippen molar-refractivity contribution in [3.8, 4) is 0 Å². The number of ether oxygens (including phenoxy) is 2. The highest BCUT2D eigenvalue weighted by Crippen LogP contribution is 2.40. The van der Waals surface area contributed by atoms with Gasteiger partial charge in [-0.15, -0.1) is 0 Å². The van der Waals surface area contributed by atoms with E-state index in [1.165, 1.54) is 7.11 Å². The molecule has 1 aliphatic rings. The molecule has 1 aliphatic heterocycles. The zero-order valence-electron chi connectivity index (χ0n) is 17.9. The Kier molecular flexibility index (Phi) is 9.72. The van der Waals surface area contributed by atoms with Crippen LogP contribution in [0.2, 0.25) is 5.02 Å². The number of carbonyl (C=O) groups excluding carboxylic acids is 2. The van der Waals surface area contributed by atoms with Crippen LogP contribution in [0.3, 0.4) is 0 Å². The predicted octanol–water partition coefficient (Wildman–Crippen LogP) is 4.31. The van der Waals surface area contributed by atoms with E-state index >= 15 is 0 Å². The highest BCUT2D eigenvalue weighted by atomic mass is 35.5. The normalized spacial score (nSPS) is 18.4. The van der Waals surface area contributed by atoms with Crippen LogP contribution in [0.1, 0.15) is 51.0 Å². The molecule has 0 spiro atoms. The summed E-state index contributed by atoms with van der Waals surface area (Å²) < 4.78 is 9.96. The molecule has 1 aromatic carbocycles. The Morgan fingerprint density at radius 1 is 1.37 bits per heavy atom. The number of halogens is 1. The molecule has 2 unspecified atom stereocenters. The first-order valence-corrected chi connectivity index (χ1v) is 11.0. The standard InChI is InChI=1S/C22H33ClN2O5/c1-3-4-14-30-21(27)25-13-6-9-18(16-25)22(28,11-7-12-24-20(26)29-2)17-8-5-10-19(23)15-17/h5,8,10,15,18,28H,3-4,6-7,9,11-14,16H2,1-2H3,(H,24,26). The molecule has 0 saturated carbocycles. The van der Waals surface area contributed by atoms with Gasteiger partial charge in [0.25, 0.3) is 0 Å². The molecule has 1 heterocycles. The summed E-state index contributed by atoms with van der Waals surface area (Å²) in [5.74, 6) is -0.165. The molecule has 1 aromatic rings. The second-order valence-corrected chi connectivity index (χ2v) is 8.15. The van der Waals surface area contributed by atoms with Crippen LogP contribution in [0, 0.1) is 5.92 Å². The molecular weight excluding hydrogens is 408 g/mol. The molecule has 7 nitrogen and oxygen atoms in total. The third kappa shape index (κ3) is 6.77. The number of rotatable bonds is 9. The number of hydrogen-bond acceptors (Lipinski definition) is 5. The summed E-state index contributed by atoms with van der Waals surface area (Å²) in [6.45, 7) is 3.87. The SMILES string of the molecule is CCCCOC(=O)N1CCCC(C(O)(CCCNC(=O)OC)c2cccc(Cl)c2)C1. The van der Waals surface area contributed by atoms with Crippen LogP contribution in [0.4, 0.5) is 9.59 Å². The molecule has 0 radical (unpaired) electrons. The number of nitrogens with zero attached hydrogens (tertiary/aromatic N) is 1. The number of alkyl carbamates (subject to hydrolysis) is 1. The third-order valence-electron chi connectivity index (χ3n) is 5.59. The summed E-state index contributed by atoms with van der Waals surface area (Å²) in [7, 11) is 1.31. The average Bonchev–Trinajstić information content (AvgIpc) is 2.76. The minimum Gasteiger partial charge on any atom is -0.453 e. The molecule has 1 fully saturated rings. The van der Waals surface area contributed by atoms with Crippen molar-refractivity contribution < 1.29 is 24.2 Å². The second kappa shape index (κ2) is 12.0. The fraction of sp³-hybridized carbons (Fsp3) is 0.636. The van der Waals surface area contributed by atoms with E-state index < -0.39 is 11.7 Å². The van der Waals surface area contributed by atoms with Crippen molar-refractivity contribution in [2.24, 2.45) is 5.92 Å². The van der Waals surface area contributed by atoms with Gasteiger partial charge in [0.2, 0.25) is 0 Å². The summed E-state index contributed by atoms with van der Waals surface area (Å²) in [5.41, 5.74) is -0.454. The lowest BCUT2D eigenvalue weighted by molar-refractivity contribution is -0.0590. The first-order chi connectivity index (χ1) is 14.4. The molecule has 2 atom stereocenters. The Labute approximate surface area is 183 Å². The average molecular weight is 441 g/mol. The van der Waals surface area contributed by atoms with Gasteiger partial charge < -0.3 is 24.8 Å². The maximum absolute atomic E-state index is 12.4. The van der Waals surface area contributed by atoms with E-state index in [0.717, 1.165) is 31.2 Å². The van der Waals surface area contributed by atoms with Crippen molar-refractivity contribution >= 4 is 23.8 Å². The molecule has 2 N–H and O–H groups in total. The van der Waals surface area contributed by atoms with Crippen LogP contribution in [-0.4, -0.2) is 55.5 Å². The van der Waals surface area contributed by atoms with Gasteiger partial charge in [0.05, 0.1) is 19.3 Å². The summed E-state index contributed by atoms with van der Waals surface area (Å²) in [5, 5.41) is 15.0. The number of methoxy groups -OCH3 is 1. The molecule has 0 aromatic heterocycles. The lowest BCUT2D eigenvalue weighted by Crippen LogP contribution is -2.48. The van der Waals surface area contributed by atoms with Crippen LogP contribution in [-0.2, 0) is 15.1 Å². The molecular formula is C22H33ClN2O5. The minimum absolute atomic E-state index is 0.165. The summed E-state index contributed by atoms with van der Waals surface area (Å²) in [6, 6.07) is 7.21. The summed E-state index contributed by atoms with van der Waals surface area (Å²) in [4.78, 5) is 25.4. The van der Waals surface area contributed by atoms with Gasteiger partial charge in [-0.25, -0.2) is 9.59 Å². The number of amides is 2. The number of aliphatic hydroxyl groups is 1. The van der Waals surface area contributed by atoms with Crippen molar-refractivity contribution in [1.82, 2.24) is 10.2 Å². The Morgan fingerprint density at radius 3 is 2.87 bits per heavy atom. The molecule has 168 valence electrons. The predicted molar refractivity (Wildman–Crippen MR) is 116 cm³/mol. The van der Waals surface area contributed by atoms with Crippen LogP contribution in [0.15, 0.2) is 24.3 Å². The van der Waals surface area contributed by atoms with Gasteiger partial charge in [-0.05, 0) is 49.8 Å². The highest BCUT2D eigenvalue weighted by Gasteiger charge is 2.41. The maximum Gasteiger partial charge on any atom is 0.409 e. The number of benzene rings is 1. The number of nitrogens with one attached hydrogen (secondary N) is 1. The zero-order valence-corrected chi connectivity index (χ0v) is 18.6. The van der Waals surface area contributed by atoms with Gasteiger partial charge in [-0.1, -0.05) is 37.1 Å². The molecule has 2 rings (SSSR count). The second-order valence-electron chi connectivity index (χ2n) is 7.71. The number of unbranched alkanes of at least 4 members (excludes halogenated alkanes) is 1. The Bertz CT molecular complexity index is 702. The van der Waals surface area contributed by atoms with Crippen molar-refractivity contribution in [2.45, 2.75) is 51.0 Å². The third-order valence-corrected chi connectivity index (χ3v) is 5.83. The van der Waals surface area contributed by atoms with Gasteiger partial charge in [0.1, 0.15) is 0 Å².